The summed E-state index contributed by atoms with van der Waals surface area (Å²) >= 11 is 0. The fourth-order valence-electron chi connectivity index (χ4n) is 2.16. The highest BCUT2D eigenvalue weighted by atomic mass is 16.5. The Morgan fingerprint density at radius 2 is 1.95 bits per heavy atom. The Morgan fingerprint density at radius 3 is 2.45 bits per heavy atom. The molecule has 1 aliphatic heterocycles. The minimum Gasteiger partial charge on any atom is -0.480 e. The van der Waals surface area contributed by atoms with Crippen LogP contribution >= 0.6 is 0 Å². The third kappa shape index (κ3) is 4.48. The first-order valence-electron chi connectivity index (χ1n) is 6.70. The number of rotatable bonds is 6. The van der Waals surface area contributed by atoms with Crippen LogP contribution in [0, 0.1) is 5.41 Å². The fraction of sp³-hybridized carbons (Fsp3) is 0.769. The minimum absolute atomic E-state index is 0.0298. The number of hydrogen-bond donors (Lipinski definition) is 3. The quantitative estimate of drug-likeness (QED) is 0.589. The molecular weight excluding hydrogens is 264 g/mol. The molecule has 0 aromatic carbocycles. The van der Waals surface area contributed by atoms with Crippen LogP contribution in [0.1, 0.15) is 32.6 Å². The predicted molar refractivity (Wildman–Crippen MR) is 71.0 cm³/mol. The van der Waals surface area contributed by atoms with Crippen molar-refractivity contribution in [3.63, 3.8) is 0 Å². The van der Waals surface area contributed by atoms with Crippen molar-refractivity contribution in [2.45, 2.75) is 38.6 Å². The van der Waals surface area contributed by atoms with E-state index in [1.165, 1.54) is 7.11 Å². The summed E-state index contributed by atoms with van der Waals surface area (Å²) in [5, 5.41) is 14.8. The number of carbonyl (C=O) groups is 3. The molecule has 114 valence electrons. The first-order valence-corrected chi connectivity index (χ1v) is 6.70. The molecule has 0 aliphatic carbocycles. The second kappa shape index (κ2) is 7.23. The van der Waals surface area contributed by atoms with Gasteiger partial charge < -0.3 is 20.5 Å². The smallest absolute Gasteiger partial charge is 0.326 e. The van der Waals surface area contributed by atoms with E-state index in [0.717, 1.165) is 13.1 Å². The van der Waals surface area contributed by atoms with E-state index in [1.807, 2.05) is 6.92 Å². The molecule has 20 heavy (non-hydrogen) atoms. The molecule has 0 unspecified atom stereocenters. The van der Waals surface area contributed by atoms with E-state index in [4.69, 9.17) is 5.11 Å². The first kappa shape index (κ1) is 16.4. The normalized spacial score (nSPS) is 18.9. The molecule has 0 aromatic heterocycles. The van der Waals surface area contributed by atoms with Crippen LogP contribution in [0.4, 0.5) is 0 Å². The average Bonchev–Trinajstić information content (AvgIpc) is 2.43. The summed E-state index contributed by atoms with van der Waals surface area (Å²) < 4.78 is 4.47. The van der Waals surface area contributed by atoms with E-state index in [-0.39, 0.29) is 18.7 Å². The van der Waals surface area contributed by atoms with E-state index < -0.39 is 23.4 Å². The van der Waals surface area contributed by atoms with Crippen LogP contribution in [0.15, 0.2) is 0 Å². The molecule has 1 aliphatic rings. The van der Waals surface area contributed by atoms with Gasteiger partial charge in [-0.25, -0.2) is 4.79 Å². The van der Waals surface area contributed by atoms with Gasteiger partial charge in [-0.15, -0.1) is 0 Å². The van der Waals surface area contributed by atoms with Crippen molar-refractivity contribution in [1.29, 1.82) is 0 Å². The van der Waals surface area contributed by atoms with E-state index >= 15 is 0 Å². The maximum atomic E-state index is 12.2. The largest absolute Gasteiger partial charge is 0.480 e. The van der Waals surface area contributed by atoms with Crippen LogP contribution in [-0.2, 0) is 19.1 Å². The Labute approximate surface area is 118 Å². The molecule has 1 rings (SSSR count). The van der Waals surface area contributed by atoms with Gasteiger partial charge >= 0.3 is 11.9 Å². The molecule has 1 amide bonds. The number of carboxylic acid groups (broad SMARTS) is 1. The Hall–Kier alpha value is -1.63. The van der Waals surface area contributed by atoms with Gasteiger partial charge in [0.25, 0.3) is 0 Å². The van der Waals surface area contributed by atoms with Gasteiger partial charge in [0.1, 0.15) is 6.04 Å². The number of hydrogen-bond acceptors (Lipinski definition) is 5. The lowest BCUT2D eigenvalue weighted by Gasteiger charge is -2.33. The third-order valence-electron chi connectivity index (χ3n) is 3.72. The zero-order valence-corrected chi connectivity index (χ0v) is 11.9. The average molecular weight is 286 g/mol. The summed E-state index contributed by atoms with van der Waals surface area (Å²) in [5.41, 5.74) is -0.551. The Bertz CT molecular complexity index is 377. The highest BCUT2D eigenvalue weighted by Crippen LogP contribution is 2.28. The van der Waals surface area contributed by atoms with Gasteiger partial charge in [-0.05, 0) is 32.4 Å². The number of esters is 1. The SMILES string of the molecule is COC(=O)CC[C@H](NC(=O)C1(C)CCNCC1)C(=O)O. The molecular formula is C13H22N2O5. The van der Waals surface area contributed by atoms with Crippen molar-refractivity contribution in [2.24, 2.45) is 5.41 Å². The fourth-order valence-corrected chi connectivity index (χ4v) is 2.16. The Balaban J connectivity index is 2.58. The molecule has 0 radical (unpaired) electrons. The van der Waals surface area contributed by atoms with Crippen molar-refractivity contribution < 1.29 is 24.2 Å². The molecule has 3 N–H and O–H groups in total. The summed E-state index contributed by atoms with van der Waals surface area (Å²) in [6.07, 6.45) is 1.33. The molecule has 1 heterocycles. The number of nitrogens with one attached hydrogen (secondary N) is 2. The molecule has 0 aromatic rings. The summed E-state index contributed by atoms with van der Waals surface area (Å²) in [6.45, 7) is 3.32. The van der Waals surface area contributed by atoms with Gasteiger partial charge in [0.05, 0.1) is 7.11 Å². The van der Waals surface area contributed by atoms with Crippen LogP contribution in [0.25, 0.3) is 0 Å². The van der Waals surface area contributed by atoms with Crippen molar-refractivity contribution in [3.8, 4) is 0 Å². The molecule has 0 spiro atoms. The van der Waals surface area contributed by atoms with E-state index in [2.05, 4.69) is 15.4 Å². The topological polar surface area (TPSA) is 105 Å². The molecule has 7 nitrogen and oxygen atoms in total. The monoisotopic (exact) mass is 286 g/mol. The summed E-state index contributed by atoms with van der Waals surface area (Å²) in [6, 6.07) is -1.06. The second-order valence-electron chi connectivity index (χ2n) is 5.29. The molecule has 1 atom stereocenters. The highest BCUT2D eigenvalue weighted by molar-refractivity contribution is 5.87. The van der Waals surface area contributed by atoms with Crippen LogP contribution in [-0.4, -0.2) is 49.2 Å². The lowest BCUT2D eigenvalue weighted by Crippen LogP contribution is -2.51. The van der Waals surface area contributed by atoms with Crippen molar-refractivity contribution in [1.82, 2.24) is 10.6 Å². The zero-order valence-electron chi connectivity index (χ0n) is 11.9. The number of piperidine rings is 1. The van der Waals surface area contributed by atoms with Crippen LogP contribution < -0.4 is 10.6 Å². The minimum atomic E-state index is -1.14. The molecule has 0 saturated carbocycles. The van der Waals surface area contributed by atoms with Crippen molar-refractivity contribution in [2.75, 3.05) is 20.2 Å². The number of ether oxygens (including phenoxy) is 1. The third-order valence-corrected chi connectivity index (χ3v) is 3.72. The zero-order chi connectivity index (χ0) is 15.2. The predicted octanol–water partition coefficient (Wildman–Crippen LogP) is -0.101. The summed E-state index contributed by atoms with van der Waals surface area (Å²) in [7, 11) is 1.24. The number of carbonyl (C=O) groups excluding carboxylic acids is 2. The lowest BCUT2D eigenvalue weighted by atomic mass is 9.80. The van der Waals surface area contributed by atoms with Gasteiger partial charge in [-0.1, -0.05) is 6.92 Å². The summed E-state index contributed by atoms with van der Waals surface area (Å²) in [4.78, 5) is 34.4. The lowest BCUT2D eigenvalue weighted by molar-refractivity contribution is -0.145. The molecule has 1 saturated heterocycles. The molecule has 7 heteroatoms. The van der Waals surface area contributed by atoms with Crippen molar-refractivity contribution >= 4 is 17.8 Å². The van der Waals surface area contributed by atoms with Crippen molar-refractivity contribution in [3.05, 3.63) is 0 Å². The maximum Gasteiger partial charge on any atom is 0.326 e. The van der Waals surface area contributed by atoms with Gasteiger partial charge in [0.2, 0.25) is 5.91 Å². The van der Waals surface area contributed by atoms with E-state index in [9.17, 15) is 14.4 Å². The highest BCUT2D eigenvalue weighted by Gasteiger charge is 2.36. The number of methoxy groups -OCH3 is 1. The van der Waals surface area contributed by atoms with Gasteiger partial charge in [-0.3, -0.25) is 9.59 Å². The maximum absolute atomic E-state index is 12.2. The number of aliphatic carboxylic acids is 1. The van der Waals surface area contributed by atoms with E-state index in [1.54, 1.807) is 0 Å². The van der Waals surface area contributed by atoms with Gasteiger partial charge in [0, 0.05) is 11.8 Å². The van der Waals surface area contributed by atoms with Crippen LogP contribution in [0.3, 0.4) is 0 Å². The number of amides is 1. The number of carboxylic acids is 1. The van der Waals surface area contributed by atoms with Gasteiger partial charge in [0.15, 0.2) is 0 Å². The van der Waals surface area contributed by atoms with Crippen LogP contribution in [0.2, 0.25) is 0 Å². The Morgan fingerprint density at radius 1 is 1.35 bits per heavy atom. The van der Waals surface area contributed by atoms with Crippen LogP contribution in [0.5, 0.6) is 0 Å². The molecule has 0 bridgehead atoms. The summed E-state index contributed by atoms with van der Waals surface area (Å²) in [5.74, 6) is -1.89. The first-order chi connectivity index (χ1) is 9.39. The Kier molecular flexibility index (Phi) is 5.94. The molecule has 1 fully saturated rings. The standard InChI is InChI=1S/C13H22N2O5/c1-13(5-7-14-8-6-13)12(19)15-9(11(17)18)3-4-10(16)20-2/h9,14H,3-8H2,1-2H3,(H,15,19)(H,17,18)/t9-/m0/s1. The second-order valence-corrected chi connectivity index (χ2v) is 5.29. The van der Waals surface area contributed by atoms with Gasteiger partial charge in [-0.2, -0.15) is 0 Å². The van der Waals surface area contributed by atoms with E-state index in [0.29, 0.717) is 12.8 Å².